The summed E-state index contributed by atoms with van der Waals surface area (Å²) in [6.45, 7) is 0. The number of carbonyl (C=O) groups excluding carboxylic acids is 3. The summed E-state index contributed by atoms with van der Waals surface area (Å²) in [5.74, 6) is -2.26. The monoisotopic (exact) mass is 190 g/mol. The van der Waals surface area contributed by atoms with E-state index in [9.17, 15) is 14.4 Å². The Bertz CT molecular complexity index is 406. The molecule has 5 heteroatoms. The summed E-state index contributed by atoms with van der Waals surface area (Å²) in [6.07, 6.45) is 6.63. The van der Waals surface area contributed by atoms with Crippen molar-refractivity contribution in [3.63, 3.8) is 0 Å². The molecule has 0 radical (unpaired) electrons. The first-order valence-corrected chi connectivity index (χ1v) is 4.00. The molecule has 0 unspecified atom stereocenters. The van der Waals surface area contributed by atoms with Gasteiger partial charge in [-0.25, -0.2) is 0 Å². The summed E-state index contributed by atoms with van der Waals surface area (Å²) in [7, 11) is 0. The lowest BCUT2D eigenvalue weighted by Crippen LogP contribution is -2.45. The van der Waals surface area contributed by atoms with Crippen molar-refractivity contribution in [1.82, 2.24) is 4.90 Å². The number of hydrogen-bond acceptors (Lipinski definition) is 3. The minimum absolute atomic E-state index is 0.264. The fraction of sp³-hybridized carbons (Fsp3) is 0.111. The highest BCUT2D eigenvalue weighted by atomic mass is 16.2. The summed E-state index contributed by atoms with van der Waals surface area (Å²) < 4.78 is 0. The number of rotatable bonds is 1. The largest absolute Gasteiger partial charge is 0.302 e. The van der Waals surface area contributed by atoms with Crippen molar-refractivity contribution in [2.75, 3.05) is 0 Å². The van der Waals surface area contributed by atoms with E-state index >= 15 is 0 Å². The molecule has 2 rings (SSSR count). The third-order valence-electron chi connectivity index (χ3n) is 1.97. The molecule has 0 fully saturated rings. The first-order valence-electron chi connectivity index (χ1n) is 4.00. The molecule has 2 aliphatic rings. The molecule has 5 nitrogen and oxygen atoms in total. The number of amidine groups is 1. The Morgan fingerprint density at radius 3 is 2.86 bits per heavy atom. The maximum absolute atomic E-state index is 11.5. The van der Waals surface area contributed by atoms with E-state index in [4.69, 9.17) is 0 Å². The van der Waals surface area contributed by atoms with Gasteiger partial charge in [-0.3, -0.25) is 14.5 Å². The molecule has 0 aromatic heterocycles. The van der Waals surface area contributed by atoms with Crippen LogP contribution in [0.2, 0.25) is 0 Å². The van der Waals surface area contributed by atoms with Gasteiger partial charge in [0.1, 0.15) is 12.1 Å². The molecule has 70 valence electrons. The van der Waals surface area contributed by atoms with Gasteiger partial charge in [-0.15, -0.1) is 0 Å². The summed E-state index contributed by atoms with van der Waals surface area (Å²) in [5, 5.41) is 0. The number of nitrogens with zero attached hydrogens (tertiary/aromatic N) is 2. The molecule has 0 N–H and O–H groups in total. The second kappa shape index (κ2) is 3.02. The van der Waals surface area contributed by atoms with Gasteiger partial charge < -0.3 is 4.79 Å². The molecule has 2 amide bonds. The van der Waals surface area contributed by atoms with Crippen LogP contribution >= 0.6 is 0 Å². The number of allylic oxidation sites excluding steroid dienone is 2. The lowest BCUT2D eigenvalue weighted by atomic mass is 10.1. The molecule has 0 saturated carbocycles. The topological polar surface area (TPSA) is 66.8 Å². The zero-order valence-electron chi connectivity index (χ0n) is 7.08. The summed E-state index contributed by atoms with van der Waals surface area (Å²) in [5.41, 5.74) is 0. The molecule has 2 heterocycles. The molecule has 0 aliphatic carbocycles. The van der Waals surface area contributed by atoms with Crippen molar-refractivity contribution >= 4 is 23.9 Å². The highest BCUT2D eigenvalue weighted by molar-refractivity contribution is 6.25. The Morgan fingerprint density at radius 2 is 2.14 bits per heavy atom. The molecule has 0 aromatic rings. The van der Waals surface area contributed by atoms with Gasteiger partial charge >= 0.3 is 0 Å². The van der Waals surface area contributed by atoms with E-state index < -0.39 is 17.7 Å². The number of hydrogen-bond donors (Lipinski definition) is 0. The first kappa shape index (κ1) is 8.55. The second-order valence-corrected chi connectivity index (χ2v) is 2.83. The van der Waals surface area contributed by atoms with Crippen molar-refractivity contribution in [3.8, 4) is 0 Å². The summed E-state index contributed by atoms with van der Waals surface area (Å²) in [6, 6.07) is 0. The van der Waals surface area contributed by atoms with Crippen LogP contribution < -0.4 is 0 Å². The van der Waals surface area contributed by atoms with Crippen molar-refractivity contribution in [1.29, 1.82) is 0 Å². The Hall–Kier alpha value is -2.04. The number of aliphatic imine (C=N–C) groups is 1. The fourth-order valence-electron chi connectivity index (χ4n) is 1.27. The van der Waals surface area contributed by atoms with Gasteiger partial charge in [0.25, 0.3) is 11.8 Å². The van der Waals surface area contributed by atoms with Gasteiger partial charge in [0, 0.05) is 6.20 Å². The predicted molar refractivity (Wildman–Crippen MR) is 47.1 cm³/mol. The van der Waals surface area contributed by atoms with Gasteiger partial charge in [-0.1, -0.05) is 6.08 Å². The Morgan fingerprint density at radius 1 is 1.36 bits per heavy atom. The standard InChI is InChI=1S/C9H6N2O3/c12-5-6-8(13)10-7-3-1-2-4-11(7)9(6)14/h1-6H/t6-/m1/s1. The third-order valence-corrected chi connectivity index (χ3v) is 1.97. The molecular weight excluding hydrogens is 184 g/mol. The SMILES string of the molecule is O=C[C@@H]1C(=O)N=C2C=CC=CN2C1=O. The zero-order chi connectivity index (χ0) is 10.1. The molecule has 0 aromatic carbocycles. The summed E-state index contributed by atoms with van der Waals surface area (Å²) in [4.78, 5) is 38.0. The van der Waals surface area contributed by atoms with Crippen LogP contribution in [-0.2, 0) is 14.4 Å². The average Bonchev–Trinajstić information content (AvgIpc) is 2.18. The van der Waals surface area contributed by atoms with Crippen LogP contribution in [-0.4, -0.2) is 28.8 Å². The molecule has 0 bridgehead atoms. The van der Waals surface area contributed by atoms with Crippen molar-refractivity contribution < 1.29 is 14.4 Å². The predicted octanol–water partition coefficient (Wildman–Crippen LogP) is -0.348. The van der Waals surface area contributed by atoms with Gasteiger partial charge in [-0.2, -0.15) is 4.99 Å². The molecule has 0 spiro atoms. The molecule has 0 saturated heterocycles. The first-order chi connectivity index (χ1) is 6.74. The minimum Gasteiger partial charge on any atom is -0.302 e. The van der Waals surface area contributed by atoms with Crippen molar-refractivity contribution in [2.45, 2.75) is 0 Å². The van der Waals surface area contributed by atoms with Gasteiger partial charge in [0.2, 0.25) is 0 Å². The lowest BCUT2D eigenvalue weighted by molar-refractivity contribution is -0.140. The van der Waals surface area contributed by atoms with E-state index in [1.807, 2.05) is 0 Å². The van der Waals surface area contributed by atoms with Crippen LogP contribution in [0.15, 0.2) is 29.4 Å². The molecule has 2 aliphatic heterocycles. The van der Waals surface area contributed by atoms with Crippen molar-refractivity contribution in [2.24, 2.45) is 10.9 Å². The van der Waals surface area contributed by atoms with Gasteiger partial charge in [0.15, 0.2) is 5.92 Å². The van der Waals surface area contributed by atoms with E-state index in [0.29, 0.717) is 6.29 Å². The lowest BCUT2D eigenvalue weighted by Gasteiger charge is -2.25. The number of carbonyl (C=O) groups is 3. The Balaban J connectivity index is 2.46. The normalized spacial score (nSPS) is 24.7. The van der Waals surface area contributed by atoms with Crippen LogP contribution in [0.4, 0.5) is 0 Å². The van der Waals surface area contributed by atoms with Crippen LogP contribution in [0, 0.1) is 5.92 Å². The average molecular weight is 190 g/mol. The van der Waals surface area contributed by atoms with E-state index in [-0.39, 0.29) is 5.84 Å². The second-order valence-electron chi connectivity index (χ2n) is 2.83. The minimum atomic E-state index is -1.28. The smallest absolute Gasteiger partial charge is 0.267 e. The molecular formula is C9H6N2O3. The van der Waals surface area contributed by atoms with Gasteiger partial charge in [0.05, 0.1) is 0 Å². The van der Waals surface area contributed by atoms with E-state index in [1.54, 1.807) is 12.2 Å². The zero-order valence-corrected chi connectivity index (χ0v) is 7.08. The quantitative estimate of drug-likeness (QED) is 0.419. The fourth-order valence-corrected chi connectivity index (χ4v) is 1.27. The maximum Gasteiger partial charge on any atom is 0.267 e. The van der Waals surface area contributed by atoms with Crippen LogP contribution in [0.3, 0.4) is 0 Å². The highest BCUT2D eigenvalue weighted by Crippen LogP contribution is 2.15. The highest BCUT2D eigenvalue weighted by Gasteiger charge is 2.36. The third kappa shape index (κ3) is 1.10. The van der Waals surface area contributed by atoms with Gasteiger partial charge in [-0.05, 0) is 12.2 Å². The Kier molecular flexibility index (Phi) is 1.85. The van der Waals surface area contributed by atoms with E-state index in [2.05, 4.69) is 4.99 Å². The summed E-state index contributed by atoms with van der Waals surface area (Å²) >= 11 is 0. The Labute approximate surface area is 79.4 Å². The van der Waals surface area contributed by atoms with Crippen LogP contribution in [0.25, 0.3) is 0 Å². The van der Waals surface area contributed by atoms with E-state index in [0.717, 1.165) is 0 Å². The van der Waals surface area contributed by atoms with Crippen LogP contribution in [0.1, 0.15) is 0 Å². The van der Waals surface area contributed by atoms with E-state index in [1.165, 1.54) is 17.2 Å². The van der Waals surface area contributed by atoms with Crippen molar-refractivity contribution in [3.05, 3.63) is 24.4 Å². The number of fused-ring (bicyclic) bond motifs is 1. The molecule has 1 atom stereocenters. The molecule has 14 heavy (non-hydrogen) atoms. The number of aldehydes is 1. The maximum atomic E-state index is 11.5. The number of amides is 2. The van der Waals surface area contributed by atoms with Crippen LogP contribution in [0.5, 0.6) is 0 Å².